The topological polar surface area (TPSA) is 43.5 Å². The Morgan fingerprint density at radius 1 is 0.786 bits per heavy atom. The van der Waals surface area contributed by atoms with E-state index < -0.39 is 0 Å². The summed E-state index contributed by atoms with van der Waals surface area (Å²) < 4.78 is 22.2. The first-order valence-corrected chi connectivity index (χ1v) is 9.90. The number of hydrogen-bond acceptors (Lipinski definition) is 4. The molecule has 2 aromatic rings. The summed E-state index contributed by atoms with van der Waals surface area (Å²) in [5, 5.41) is 0. The first kappa shape index (κ1) is 19.0. The molecule has 2 saturated heterocycles. The molecule has 4 heteroatoms. The van der Waals surface area contributed by atoms with Crippen LogP contribution in [0.25, 0.3) is 12.2 Å². The van der Waals surface area contributed by atoms with Crippen LogP contribution in [0.1, 0.15) is 33.4 Å². The van der Waals surface area contributed by atoms with Gasteiger partial charge in [-0.3, -0.25) is 0 Å². The molecule has 4 rings (SSSR count). The van der Waals surface area contributed by atoms with Crippen molar-refractivity contribution >= 4 is 12.2 Å². The maximum absolute atomic E-state index is 6.06. The van der Waals surface area contributed by atoms with Crippen LogP contribution in [-0.4, -0.2) is 38.6 Å². The Kier molecular flexibility index (Phi) is 5.42. The molecule has 0 aromatic heterocycles. The summed E-state index contributed by atoms with van der Waals surface area (Å²) in [6, 6.07) is 8.18. The summed E-state index contributed by atoms with van der Waals surface area (Å²) in [7, 11) is 0. The van der Waals surface area contributed by atoms with E-state index in [0.29, 0.717) is 13.2 Å². The Hall–Kier alpha value is -2.30. The number of rotatable bonds is 8. The van der Waals surface area contributed by atoms with Gasteiger partial charge in [0.15, 0.2) is 0 Å². The summed E-state index contributed by atoms with van der Waals surface area (Å²) in [4.78, 5) is 0. The zero-order valence-electron chi connectivity index (χ0n) is 17.1. The Morgan fingerprint density at radius 3 is 1.86 bits per heavy atom. The molecule has 0 spiro atoms. The molecule has 2 atom stereocenters. The third-order valence-electron chi connectivity index (χ3n) is 5.59. The molecule has 2 aliphatic heterocycles. The highest BCUT2D eigenvalue weighted by molar-refractivity contribution is 5.75. The Labute approximate surface area is 167 Å². The van der Waals surface area contributed by atoms with Gasteiger partial charge < -0.3 is 18.9 Å². The zero-order valence-corrected chi connectivity index (χ0v) is 17.1. The van der Waals surface area contributed by atoms with Crippen molar-refractivity contribution < 1.29 is 18.9 Å². The summed E-state index contributed by atoms with van der Waals surface area (Å²) >= 11 is 0. The van der Waals surface area contributed by atoms with Crippen LogP contribution >= 0.6 is 0 Å². The van der Waals surface area contributed by atoms with Crippen LogP contribution in [0.5, 0.6) is 11.5 Å². The molecule has 2 aromatic carbocycles. The van der Waals surface area contributed by atoms with Gasteiger partial charge in [-0.25, -0.2) is 0 Å². The number of epoxide rings is 2. The average Bonchev–Trinajstić information content (AvgIpc) is 3.60. The van der Waals surface area contributed by atoms with Crippen molar-refractivity contribution in [2.75, 3.05) is 26.4 Å². The first-order chi connectivity index (χ1) is 13.5. The van der Waals surface area contributed by atoms with Crippen molar-refractivity contribution in [3.63, 3.8) is 0 Å². The highest BCUT2D eigenvalue weighted by Crippen LogP contribution is 2.34. The van der Waals surface area contributed by atoms with Gasteiger partial charge in [0.05, 0.1) is 13.2 Å². The Balaban J connectivity index is 1.49. The standard InChI is InChI=1S/C24H28O4/c1-15-17(3)24(28-14-22-13-27-22)18(4)16(2)23(15)10-7-19-5-8-20(9-6-19)25-11-21-12-26-21/h5-10,21-22H,11-14H2,1-4H3. The minimum atomic E-state index is 0.266. The molecule has 2 fully saturated rings. The molecular weight excluding hydrogens is 352 g/mol. The minimum absolute atomic E-state index is 0.266. The third kappa shape index (κ3) is 4.40. The second-order valence-electron chi connectivity index (χ2n) is 7.68. The zero-order chi connectivity index (χ0) is 19.7. The molecule has 0 amide bonds. The smallest absolute Gasteiger partial charge is 0.125 e. The lowest BCUT2D eigenvalue weighted by atomic mass is 9.92. The largest absolute Gasteiger partial charge is 0.491 e. The van der Waals surface area contributed by atoms with Crippen molar-refractivity contribution in [3.8, 4) is 11.5 Å². The van der Waals surface area contributed by atoms with Gasteiger partial charge in [0.1, 0.15) is 36.9 Å². The van der Waals surface area contributed by atoms with E-state index in [1.165, 1.54) is 27.8 Å². The van der Waals surface area contributed by atoms with Gasteiger partial charge in [0, 0.05) is 0 Å². The first-order valence-electron chi connectivity index (χ1n) is 9.90. The van der Waals surface area contributed by atoms with E-state index in [0.717, 1.165) is 30.3 Å². The number of benzene rings is 2. The van der Waals surface area contributed by atoms with Crippen molar-refractivity contribution in [2.45, 2.75) is 39.9 Å². The van der Waals surface area contributed by atoms with Gasteiger partial charge in [0.25, 0.3) is 0 Å². The molecule has 2 unspecified atom stereocenters. The lowest BCUT2D eigenvalue weighted by Crippen LogP contribution is -2.08. The van der Waals surface area contributed by atoms with E-state index in [4.69, 9.17) is 18.9 Å². The second-order valence-corrected chi connectivity index (χ2v) is 7.68. The molecule has 2 heterocycles. The lowest BCUT2D eigenvalue weighted by molar-refractivity contribution is 0.260. The van der Waals surface area contributed by atoms with Gasteiger partial charge >= 0.3 is 0 Å². The normalized spacial score (nSPS) is 20.4. The maximum Gasteiger partial charge on any atom is 0.125 e. The van der Waals surface area contributed by atoms with E-state index in [1.807, 2.05) is 12.1 Å². The third-order valence-corrected chi connectivity index (χ3v) is 5.59. The fraction of sp³-hybridized carbons (Fsp3) is 0.417. The predicted molar refractivity (Wildman–Crippen MR) is 111 cm³/mol. The predicted octanol–water partition coefficient (Wildman–Crippen LogP) is 4.65. The van der Waals surface area contributed by atoms with Crippen LogP contribution < -0.4 is 9.47 Å². The van der Waals surface area contributed by atoms with Crippen molar-refractivity contribution in [1.82, 2.24) is 0 Å². The van der Waals surface area contributed by atoms with Gasteiger partial charge in [-0.05, 0) is 73.2 Å². The Bertz CT molecular complexity index is 845. The maximum atomic E-state index is 6.06. The van der Waals surface area contributed by atoms with Gasteiger partial charge in [-0.15, -0.1) is 0 Å². The van der Waals surface area contributed by atoms with Crippen LogP contribution in [0.15, 0.2) is 24.3 Å². The quantitative estimate of drug-likeness (QED) is 0.494. The van der Waals surface area contributed by atoms with Crippen LogP contribution in [-0.2, 0) is 9.47 Å². The van der Waals surface area contributed by atoms with Crippen LogP contribution in [0.4, 0.5) is 0 Å². The summed E-state index contributed by atoms with van der Waals surface area (Å²) in [6.45, 7) is 11.5. The van der Waals surface area contributed by atoms with Crippen molar-refractivity contribution in [1.29, 1.82) is 0 Å². The monoisotopic (exact) mass is 380 g/mol. The van der Waals surface area contributed by atoms with E-state index >= 15 is 0 Å². The van der Waals surface area contributed by atoms with Gasteiger partial charge in [-0.2, -0.15) is 0 Å². The molecule has 0 aliphatic carbocycles. The molecule has 4 nitrogen and oxygen atoms in total. The molecule has 0 bridgehead atoms. The second kappa shape index (κ2) is 7.98. The molecule has 2 aliphatic rings. The van der Waals surface area contributed by atoms with E-state index in [1.54, 1.807) is 0 Å². The SMILES string of the molecule is Cc1c(C)c(OCC2CO2)c(C)c(C)c1C=Cc1ccc(OCC2CO2)cc1. The number of hydrogen-bond donors (Lipinski definition) is 0. The Morgan fingerprint density at radius 2 is 1.32 bits per heavy atom. The summed E-state index contributed by atoms with van der Waals surface area (Å²) in [6.07, 6.45) is 4.90. The van der Waals surface area contributed by atoms with Gasteiger partial charge in [-0.1, -0.05) is 24.3 Å². The van der Waals surface area contributed by atoms with E-state index in [-0.39, 0.29) is 12.2 Å². The number of ether oxygens (including phenoxy) is 4. The van der Waals surface area contributed by atoms with E-state index in [2.05, 4.69) is 52.0 Å². The fourth-order valence-corrected chi connectivity index (χ4v) is 3.32. The highest BCUT2D eigenvalue weighted by Gasteiger charge is 2.25. The average molecular weight is 380 g/mol. The molecule has 148 valence electrons. The summed E-state index contributed by atoms with van der Waals surface area (Å²) in [5.41, 5.74) is 7.33. The molecule has 0 saturated carbocycles. The van der Waals surface area contributed by atoms with Crippen LogP contribution in [0.2, 0.25) is 0 Å². The minimum Gasteiger partial charge on any atom is -0.491 e. The highest BCUT2D eigenvalue weighted by atomic mass is 16.6. The molecule has 0 radical (unpaired) electrons. The lowest BCUT2D eigenvalue weighted by Gasteiger charge is -2.19. The van der Waals surface area contributed by atoms with Crippen molar-refractivity contribution in [3.05, 3.63) is 57.6 Å². The van der Waals surface area contributed by atoms with Crippen molar-refractivity contribution in [2.24, 2.45) is 0 Å². The van der Waals surface area contributed by atoms with E-state index in [9.17, 15) is 0 Å². The molecular formula is C24H28O4. The fourth-order valence-electron chi connectivity index (χ4n) is 3.32. The molecule has 0 N–H and O–H groups in total. The molecule has 28 heavy (non-hydrogen) atoms. The van der Waals surface area contributed by atoms with Gasteiger partial charge in [0.2, 0.25) is 0 Å². The summed E-state index contributed by atoms with van der Waals surface area (Å²) in [5.74, 6) is 1.89. The van der Waals surface area contributed by atoms with Crippen LogP contribution in [0, 0.1) is 27.7 Å². The van der Waals surface area contributed by atoms with Crippen LogP contribution in [0.3, 0.4) is 0 Å².